The number of amides is 1. The van der Waals surface area contributed by atoms with E-state index >= 15 is 0 Å². The van der Waals surface area contributed by atoms with Gasteiger partial charge in [-0.05, 0) is 19.3 Å². The second kappa shape index (κ2) is 8.95. The summed E-state index contributed by atoms with van der Waals surface area (Å²) in [6.07, 6.45) is 9.74. The van der Waals surface area contributed by atoms with Crippen molar-refractivity contribution in [2.45, 2.75) is 19.3 Å². The van der Waals surface area contributed by atoms with Gasteiger partial charge in [-0.1, -0.05) is 24.8 Å². The number of hydrogen-bond acceptors (Lipinski definition) is 1. The molecule has 2 heteroatoms. The fraction of sp³-hybridized carbons (Fsp3) is 0.444. The molecule has 0 heterocycles. The summed E-state index contributed by atoms with van der Waals surface area (Å²) in [7, 11) is 0. The lowest BCUT2D eigenvalue weighted by molar-refractivity contribution is -0.109. The molecule has 0 rings (SSSR count). The van der Waals surface area contributed by atoms with Crippen LogP contribution < -0.4 is 5.32 Å². The average molecular weight is 153 g/mol. The minimum Gasteiger partial charge on any atom is -0.359 e. The molecule has 0 aromatic heterocycles. The van der Waals surface area contributed by atoms with Crippen LogP contribution in [0.3, 0.4) is 0 Å². The third kappa shape index (κ3) is 8.95. The molecule has 0 unspecified atom stereocenters. The molecule has 11 heavy (non-hydrogen) atoms. The highest BCUT2D eigenvalue weighted by molar-refractivity contribution is 5.45. The number of rotatable bonds is 7. The number of carbonyl (C=O) groups excluding carboxylic acids is 1. The largest absolute Gasteiger partial charge is 0.359 e. The second-order valence-electron chi connectivity index (χ2n) is 2.23. The number of hydrogen-bond donors (Lipinski definition) is 1. The molecule has 62 valence electrons. The van der Waals surface area contributed by atoms with Gasteiger partial charge in [0.25, 0.3) is 0 Å². The lowest BCUT2D eigenvalue weighted by Gasteiger charge is -1.95. The van der Waals surface area contributed by atoms with Crippen LogP contribution in [0.5, 0.6) is 0 Å². The molecule has 0 atom stereocenters. The predicted molar refractivity (Wildman–Crippen MR) is 47.3 cm³/mol. The van der Waals surface area contributed by atoms with E-state index in [1.165, 1.54) is 0 Å². The van der Waals surface area contributed by atoms with Crippen molar-refractivity contribution in [1.29, 1.82) is 0 Å². The molecule has 0 aliphatic carbocycles. The Bertz CT molecular complexity index is 130. The Labute approximate surface area is 68.0 Å². The lowest BCUT2D eigenvalue weighted by atomic mass is 10.2. The Balaban J connectivity index is 2.95. The van der Waals surface area contributed by atoms with Crippen molar-refractivity contribution in [1.82, 2.24) is 5.32 Å². The van der Waals surface area contributed by atoms with Gasteiger partial charge >= 0.3 is 0 Å². The lowest BCUT2D eigenvalue weighted by Crippen LogP contribution is -2.11. The summed E-state index contributed by atoms with van der Waals surface area (Å²) in [6, 6.07) is 0. The molecule has 0 spiro atoms. The molecular weight excluding hydrogens is 138 g/mol. The van der Waals surface area contributed by atoms with Crippen LogP contribution in [-0.2, 0) is 4.79 Å². The summed E-state index contributed by atoms with van der Waals surface area (Å²) in [5, 5.41) is 2.61. The maximum atomic E-state index is 9.80. The van der Waals surface area contributed by atoms with Gasteiger partial charge in [0.05, 0.1) is 0 Å². The minimum atomic E-state index is 0.736. The zero-order valence-corrected chi connectivity index (χ0v) is 6.75. The molecular formula is C9H15NO. The smallest absolute Gasteiger partial charge is 0.207 e. The summed E-state index contributed by atoms with van der Waals surface area (Å²) in [4.78, 5) is 9.80. The molecule has 0 saturated heterocycles. The first-order chi connectivity index (χ1) is 5.41. The molecule has 0 aliphatic rings. The van der Waals surface area contributed by atoms with Gasteiger partial charge < -0.3 is 5.32 Å². The topological polar surface area (TPSA) is 29.1 Å². The van der Waals surface area contributed by atoms with Crippen molar-refractivity contribution in [2.24, 2.45) is 0 Å². The van der Waals surface area contributed by atoms with E-state index in [0.29, 0.717) is 0 Å². The molecule has 0 radical (unpaired) electrons. The fourth-order valence-corrected chi connectivity index (χ4v) is 0.741. The average Bonchev–Trinajstić information content (AvgIpc) is 2.03. The van der Waals surface area contributed by atoms with Crippen LogP contribution in [0.2, 0.25) is 0 Å². The van der Waals surface area contributed by atoms with Crippen molar-refractivity contribution in [2.75, 3.05) is 6.54 Å². The van der Waals surface area contributed by atoms with Crippen molar-refractivity contribution in [3.63, 3.8) is 0 Å². The van der Waals surface area contributed by atoms with E-state index in [2.05, 4.69) is 18.0 Å². The summed E-state index contributed by atoms with van der Waals surface area (Å²) in [6.45, 7) is 4.35. The highest BCUT2D eigenvalue weighted by Gasteiger charge is 1.83. The van der Waals surface area contributed by atoms with Crippen LogP contribution in [0, 0.1) is 0 Å². The molecule has 0 saturated carbocycles. The first-order valence-corrected chi connectivity index (χ1v) is 3.86. The SMILES string of the molecule is C=C/C=C/CCCCNC=O. The minimum absolute atomic E-state index is 0.736. The Kier molecular flexibility index (Phi) is 8.10. The van der Waals surface area contributed by atoms with E-state index in [9.17, 15) is 4.79 Å². The van der Waals surface area contributed by atoms with Crippen molar-refractivity contribution in [3.05, 3.63) is 24.8 Å². The summed E-state index contributed by atoms with van der Waals surface area (Å²) in [5.41, 5.74) is 0. The number of unbranched alkanes of at least 4 members (excludes halogenated alkanes) is 2. The van der Waals surface area contributed by atoms with Crippen molar-refractivity contribution in [3.8, 4) is 0 Å². The summed E-state index contributed by atoms with van der Waals surface area (Å²) >= 11 is 0. The summed E-state index contributed by atoms with van der Waals surface area (Å²) < 4.78 is 0. The highest BCUT2D eigenvalue weighted by atomic mass is 16.1. The Morgan fingerprint density at radius 2 is 2.18 bits per heavy atom. The summed E-state index contributed by atoms with van der Waals surface area (Å²) in [5.74, 6) is 0. The van der Waals surface area contributed by atoms with Gasteiger partial charge in [-0.2, -0.15) is 0 Å². The predicted octanol–water partition coefficient (Wildman–Crippen LogP) is 1.64. The second-order valence-corrected chi connectivity index (χ2v) is 2.23. The van der Waals surface area contributed by atoms with Gasteiger partial charge in [-0.25, -0.2) is 0 Å². The molecule has 2 nitrogen and oxygen atoms in total. The first kappa shape index (κ1) is 9.95. The maximum absolute atomic E-state index is 9.80. The third-order valence-corrected chi connectivity index (χ3v) is 1.30. The van der Waals surface area contributed by atoms with Gasteiger partial charge in [0.15, 0.2) is 0 Å². The first-order valence-electron chi connectivity index (χ1n) is 3.86. The number of allylic oxidation sites excluding steroid dienone is 3. The van der Waals surface area contributed by atoms with Crippen LogP contribution in [-0.4, -0.2) is 13.0 Å². The van der Waals surface area contributed by atoms with Crippen LogP contribution in [0.25, 0.3) is 0 Å². The van der Waals surface area contributed by atoms with Crippen molar-refractivity contribution < 1.29 is 4.79 Å². The van der Waals surface area contributed by atoms with E-state index in [1.807, 2.05) is 6.08 Å². The van der Waals surface area contributed by atoms with E-state index in [-0.39, 0.29) is 0 Å². The van der Waals surface area contributed by atoms with Crippen LogP contribution in [0.4, 0.5) is 0 Å². The van der Waals surface area contributed by atoms with E-state index < -0.39 is 0 Å². The van der Waals surface area contributed by atoms with Crippen molar-refractivity contribution >= 4 is 6.41 Å². The van der Waals surface area contributed by atoms with Gasteiger partial charge in [0.1, 0.15) is 0 Å². The molecule has 0 bridgehead atoms. The third-order valence-electron chi connectivity index (χ3n) is 1.30. The number of nitrogens with one attached hydrogen (secondary N) is 1. The molecule has 1 N–H and O–H groups in total. The van der Waals surface area contributed by atoms with Gasteiger partial charge in [0, 0.05) is 6.54 Å². The highest BCUT2D eigenvalue weighted by Crippen LogP contribution is 1.94. The van der Waals surface area contributed by atoms with Gasteiger partial charge in [-0.15, -0.1) is 0 Å². The molecule has 0 aromatic rings. The van der Waals surface area contributed by atoms with Crippen LogP contribution in [0.1, 0.15) is 19.3 Å². The fourth-order valence-electron chi connectivity index (χ4n) is 0.741. The Morgan fingerprint density at radius 1 is 1.36 bits per heavy atom. The Morgan fingerprint density at radius 3 is 2.82 bits per heavy atom. The quantitative estimate of drug-likeness (QED) is 0.336. The molecule has 0 fully saturated rings. The maximum Gasteiger partial charge on any atom is 0.207 e. The normalized spacial score (nSPS) is 9.82. The molecule has 0 aromatic carbocycles. The van der Waals surface area contributed by atoms with E-state index in [4.69, 9.17) is 0 Å². The monoisotopic (exact) mass is 153 g/mol. The van der Waals surface area contributed by atoms with Gasteiger partial charge in [0.2, 0.25) is 6.41 Å². The van der Waals surface area contributed by atoms with Crippen LogP contribution in [0.15, 0.2) is 24.8 Å². The standard InChI is InChI=1S/C9H15NO/c1-2-3-4-5-6-7-8-10-9-11/h2-4,9H,1,5-8H2,(H,10,11)/b4-3+. The zero-order valence-electron chi connectivity index (χ0n) is 6.75. The Hall–Kier alpha value is -1.05. The molecule has 1 amide bonds. The zero-order chi connectivity index (χ0) is 8.36. The van der Waals surface area contributed by atoms with E-state index in [1.54, 1.807) is 6.08 Å². The molecule has 0 aliphatic heterocycles. The number of carbonyl (C=O) groups is 1. The van der Waals surface area contributed by atoms with Crippen LogP contribution >= 0.6 is 0 Å². The van der Waals surface area contributed by atoms with Gasteiger partial charge in [-0.3, -0.25) is 4.79 Å². The van der Waals surface area contributed by atoms with E-state index in [0.717, 1.165) is 32.2 Å².